The van der Waals surface area contributed by atoms with Gasteiger partial charge in [-0.2, -0.15) is 0 Å². The summed E-state index contributed by atoms with van der Waals surface area (Å²) in [5, 5.41) is 16.5. The number of carbonyl (C=O) groups is 3. The van der Waals surface area contributed by atoms with Gasteiger partial charge < -0.3 is 20.6 Å². The lowest BCUT2D eigenvalue weighted by molar-refractivity contribution is -0.142. The SMILES string of the molecule is CC[C@H](C)[C@H](CO)N1C(=O)[C@@H]2[C@H](C(=O)Nc3ccccc3)[C@H]3SC2(CC3Br)C1C(=O)Nc1cc(C)ccc1C. The molecule has 0 radical (unpaired) electrons. The number of amides is 3. The molecule has 8 atom stereocenters. The number of alkyl halides is 1. The largest absolute Gasteiger partial charge is 0.394 e. The normalized spacial score (nSPS) is 30.7. The van der Waals surface area contributed by atoms with E-state index in [1.54, 1.807) is 16.7 Å². The second-order valence-corrected chi connectivity index (χ2v) is 13.9. The molecule has 1 spiro atoms. The zero-order valence-electron chi connectivity index (χ0n) is 22.7. The van der Waals surface area contributed by atoms with Gasteiger partial charge in [-0.1, -0.05) is 66.5 Å². The molecule has 208 valence electrons. The first-order valence-corrected chi connectivity index (χ1v) is 15.4. The number of aryl methyl sites for hydroxylation is 2. The molecule has 2 aromatic carbocycles. The zero-order chi connectivity index (χ0) is 28.1. The predicted octanol–water partition coefficient (Wildman–Crippen LogP) is 4.75. The molecule has 0 aromatic heterocycles. The van der Waals surface area contributed by atoms with Crippen LogP contribution in [-0.2, 0) is 14.4 Å². The lowest BCUT2D eigenvalue weighted by Gasteiger charge is -2.39. The maximum absolute atomic E-state index is 14.4. The Morgan fingerprint density at radius 2 is 1.87 bits per heavy atom. The number of carbonyl (C=O) groups excluding carboxylic acids is 3. The first kappa shape index (κ1) is 28.2. The minimum absolute atomic E-state index is 0.0230. The third-order valence-corrected chi connectivity index (χ3v) is 12.0. The number of benzene rings is 2. The van der Waals surface area contributed by atoms with Gasteiger partial charge in [-0.05, 0) is 55.5 Å². The van der Waals surface area contributed by atoms with Gasteiger partial charge >= 0.3 is 0 Å². The van der Waals surface area contributed by atoms with Crippen LogP contribution in [0, 0.1) is 31.6 Å². The van der Waals surface area contributed by atoms with Gasteiger partial charge in [-0.15, -0.1) is 11.8 Å². The molecule has 39 heavy (non-hydrogen) atoms. The first-order chi connectivity index (χ1) is 18.6. The molecule has 3 fully saturated rings. The molecule has 3 saturated heterocycles. The third kappa shape index (κ3) is 4.70. The maximum Gasteiger partial charge on any atom is 0.248 e. The van der Waals surface area contributed by atoms with Crippen LogP contribution in [0.5, 0.6) is 0 Å². The van der Waals surface area contributed by atoms with Gasteiger partial charge in [0.2, 0.25) is 17.7 Å². The summed E-state index contributed by atoms with van der Waals surface area (Å²) >= 11 is 5.41. The Labute approximate surface area is 242 Å². The van der Waals surface area contributed by atoms with E-state index in [-0.39, 0.29) is 40.3 Å². The highest BCUT2D eigenvalue weighted by atomic mass is 79.9. The Bertz CT molecular complexity index is 1280. The predicted molar refractivity (Wildman–Crippen MR) is 159 cm³/mol. The quantitative estimate of drug-likeness (QED) is 0.373. The fourth-order valence-corrected chi connectivity index (χ4v) is 10.3. The van der Waals surface area contributed by atoms with Crippen LogP contribution in [0.25, 0.3) is 0 Å². The Kier molecular flexibility index (Phi) is 7.87. The Morgan fingerprint density at radius 3 is 2.54 bits per heavy atom. The van der Waals surface area contributed by atoms with Crippen molar-refractivity contribution in [2.45, 2.75) is 67.4 Å². The topological polar surface area (TPSA) is 98.7 Å². The van der Waals surface area contributed by atoms with Crippen molar-refractivity contribution < 1.29 is 19.5 Å². The number of hydrogen-bond acceptors (Lipinski definition) is 5. The number of nitrogens with one attached hydrogen (secondary N) is 2. The number of rotatable bonds is 8. The van der Waals surface area contributed by atoms with E-state index in [4.69, 9.17) is 0 Å². The van der Waals surface area contributed by atoms with E-state index in [2.05, 4.69) is 26.6 Å². The molecule has 9 heteroatoms. The number of aliphatic hydroxyl groups is 1. The zero-order valence-corrected chi connectivity index (χ0v) is 25.1. The third-order valence-electron chi connectivity index (χ3n) is 8.82. The second-order valence-electron chi connectivity index (χ2n) is 11.2. The van der Waals surface area contributed by atoms with Crippen molar-refractivity contribution >= 4 is 56.8 Å². The molecule has 2 aromatic rings. The van der Waals surface area contributed by atoms with E-state index in [9.17, 15) is 19.5 Å². The van der Waals surface area contributed by atoms with Gasteiger partial charge in [-0.3, -0.25) is 14.4 Å². The van der Waals surface area contributed by atoms with Crippen LogP contribution in [0.2, 0.25) is 0 Å². The summed E-state index contributed by atoms with van der Waals surface area (Å²) in [6, 6.07) is 13.8. The molecular formula is C30H36BrN3O4S. The molecule has 5 rings (SSSR count). The molecule has 7 nitrogen and oxygen atoms in total. The average molecular weight is 615 g/mol. The summed E-state index contributed by atoms with van der Waals surface area (Å²) in [5.41, 5.74) is 3.34. The number of thioether (sulfide) groups is 1. The Balaban J connectivity index is 1.56. The van der Waals surface area contributed by atoms with Gasteiger partial charge in [0.1, 0.15) is 6.04 Å². The van der Waals surface area contributed by atoms with E-state index in [0.29, 0.717) is 17.8 Å². The number of aliphatic hydroxyl groups excluding tert-OH is 1. The molecule has 3 N–H and O–H groups in total. The molecule has 0 saturated carbocycles. The summed E-state index contributed by atoms with van der Waals surface area (Å²) in [4.78, 5) is 44.0. The van der Waals surface area contributed by atoms with E-state index in [1.807, 2.05) is 76.2 Å². The van der Waals surface area contributed by atoms with Crippen molar-refractivity contribution in [3.63, 3.8) is 0 Å². The minimum Gasteiger partial charge on any atom is -0.394 e. The number of anilines is 2. The van der Waals surface area contributed by atoms with E-state index >= 15 is 0 Å². The molecule has 0 aliphatic carbocycles. The number of likely N-dealkylation sites (tertiary alicyclic amines) is 1. The smallest absolute Gasteiger partial charge is 0.248 e. The molecule has 3 amide bonds. The van der Waals surface area contributed by atoms with Crippen LogP contribution in [-0.4, -0.2) is 61.2 Å². The van der Waals surface area contributed by atoms with E-state index in [1.165, 1.54) is 0 Å². The average Bonchev–Trinajstić information content (AvgIpc) is 3.50. The highest BCUT2D eigenvalue weighted by Crippen LogP contribution is 2.68. The van der Waals surface area contributed by atoms with Gasteiger partial charge in [-0.25, -0.2) is 0 Å². The Morgan fingerprint density at radius 1 is 1.15 bits per heavy atom. The van der Waals surface area contributed by atoms with Crippen molar-refractivity contribution in [1.29, 1.82) is 0 Å². The van der Waals surface area contributed by atoms with Crippen molar-refractivity contribution in [3.8, 4) is 0 Å². The van der Waals surface area contributed by atoms with Crippen LogP contribution in [0.4, 0.5) is 11.4 Å². The summed E-state index contributed by atoms with van der Waals surface area (Å²) in [7, 11) is 0. The summed E-state index contributed by atoms with van der Waals surface area (Å²) in [6.45, 7) is 7.68. The second kappa shape index (κ2) is 10.9. The summed E-state index contributed by atoms with van der Waals surface area (Å²) < 4.78 is -0.780. The Hall–Kier alpha value is -2.36. The van der Waals surface area contributed by atoms with Crippen molar-refractivity contribution in [1.82, 2.24) is 4.90 Å². The standard InChI is InChI=1S/C30H36BrN3O4S/c1-5-17(3)22(15-35)34-26(28(37)33-21-13-16(2)11-12-18(21)4)30-14-20(31)25(39-30)23(24(30)29(34)38)27(36)32-19-9-7-6-8-10-19/h6-13,17,20,22-26,35H,5,14-15H2,1-4H3,(H,32,36)(H,33,37)/t17-,20?,22-,23-,24-,25-,26?,30?/m0/s1. The number of fused-ring (bicyclic) bond motifs is 1. The van der Waals surface area contributed by atoms with Gasteiger partial charge in [0.05, 0.1) is 29.2 Å². The van der Waals surface area contributed by atoms with Gasteiger partial charge in [0.25, 0.3) is 0 Å². The van der Waals surface area contributed by atoms with Crippen LogP contribution in [0.15, 0.2) is 48.5 Å². The lowest BCUT2D eigenvalue weighted by atomic mass is 9.70. The fraction of sp³-hybridized carbons (Fsp3) is 0.500. The van der Waals surface area contributed by atoms with Crippen molar-refractivity contribution in [2.75, 3.05) is 17.2 Å². The fourth-order valence-electron chi connectivity index (χ4n) is 6.66. The highest BCUT2D eigenvalue weighted by molar-refractivity contribution is 9.09. The first-order valence-electron chi connectivity index (χ1n) is 13.6. The summed E-state index contributed by atoms with van der Waals surface area (Å²) in [5.74, 6) is -1.96. The summed E-state index contributed by atoms with van der Waals surface area (Å²) in [6.07, 6.45) is 1.33. The van der Waals surface area contributed by atoms with E-state index in [0.717, 1.165) is 17.5 Å². The number of halogens is 1. The monoisotopic (exact) mass is 613 g/mol. The lowest BCUT2D eigenvalue weighted by Crippen LogP contribution is -2.56. The maximum atomic E-state index is 14.4. The molecule has 3 aliphatic rings. The highest BCUT2D eigenvalue weighted by Gasteiger charge is 2.76. The van der Waals surface area contributed by atoms with Crippen molar-refractivity contribution in [3.05, 3.63) is 59.7 Å². The molecule has 3 unspecified atom stereocenters. The number of nitrogens with zero attached hydrogens (tertiary/aromatic N) is 1. The van der Waals surface area contributed by atoms with E-state index < -0.39 is 28.7 Å². The van der Waals surface area contributed by atoms with Gasteiger partial charge in [0, 0.05) is 21.5 Å². The van der Waals surface area contributed by atoms with Crippen LogP contribution in [0.3, 0.4) is 0 Å². The van der Waals surface area contributed by atoms with Crippen LogP contribution in [0.1, 0.15) is 37.8 Å². The molecular weight excluding hydrogens is 578 g/mol. The molecule has 3 heterocycles. The molecule has 2 bridgehead atoms. The van der Waals surface area contributed by atoms with Crippen LogP contribution < -0.4 is 10.6 Å². The number of para-hydroxylation sites is 1. The minimum atomic E-state index is -0.814. The number of hydrogen-bond donors (Lipinski definition) is 3. The van der Waals surface area contributed by atoms with Crippen LogP contribution >= 0.6 is 27.7 Å². The van der Waals surface area contributed by atoms with Crippen molar-refractivity contribution in [2.24, 2.45) is 17.8 Å². The molecule has 3 aliphatic heterocycles. The van der Waals surface area contributed by atoms with Gasteiger partial charge in [0.15, 0.2) is 0 Å².